The number of nitrogens with one attached hydrogen (secondary N) is 1. The molecule has 5 rings (SSSR count). The van der Waals surface area contributed by atoms with E-state index in [1.54, 1.807) is 29.2 Å². The van der Waals surface area contributed by atoms with Crippen molar-refractivity contribution in [2.75, 3.05) is 30.4 Å². The molecule has 184 valence electrons. The fraction of sp³-hybridized carbons (Fsp3) is 0.357. The number of nitrogens with zero attached hydrogens (tertiary/aromatic N) is 5. The highest BCUT2D eigenvalue weighted by molar-refractivity contribution is 6.03. The molecule has 3 heterocycles. The number of para-hydroxylation sites is 1. The maximum atomic E-state index is 14.9. The van der Waals surface area contributed by atoms with Crippen LogP contribution in [-0.2, 0) is 16.8 Å². The molecule has 1 aromatic heterocycles. The second-order valence-corrected chi connectivity index (χ2v) is 9.86. The summed E-state index contributed by atoms with van der Waals surface area (Å²) in [5.74, 6) is 0.649. The Labute approximate surface area is 210 Å². The van der Waals surface area contributed by atoms with Crippen molar-refractivity contribution in [2.24, 2.45) is 0 Å². The topological polar surface area (TPSA) is 85.1 Å². The van der Waals surface area contributed by atoms with E-state index in [0.29, 0.717) is 30.2 Å². The van der Waals surface area contributed by atoms with Gasteiger partial charge in [-0.25, -0.2) is 14.4 Å². The van der Waals surface area contributed by atoms with Crippen molar-refractivity contribution in [1.82, 2.24) is 14.9 Å². The molecule has 1 unspecified atom stereocenters. The van der Waals surface area contributed by atoms with E-state index in [0.717, 1.165) is 28.9 Å². The molecule has 2 aliphatic heterocycles. The minimum Gasteiger partial charge on any atom is -0.363 e. The predicted molar refractivity (Wildman–Crippen MR) is 136 cm³/mol. The van der Waals surface area contributed by atoms with Crippen LogP contribution in [0.3, 0.4) is 0 Å². The summed E-state index contributed by atoms with van der Waals surface area (Å²) in [7, 11) is 1.99. The Morgan fingerprint density at radius 2 is 1.94 bits per heavy atom. The second kappa shape index (κ2) is 8.99. The number of benzene rings is 2. The van der Waals surface area contributed by atoms with Crippen LogP contribution in [0.4, 0.5) is 15.9 Å². The van der Waals surface area contributed by atoms with E-state index in [1.807, 2.05) is 40.0 Å². The number of rotatable bonds is 4. The molecular formula is C28H29FN6O. The summed E-state index contributed by atoms with van der Waals surface area (Å²) in [6.45, 7) is 7.23. The number of halogens is 1. The first kappa shape index (κ1) is 23.9. The third-order valence-electron chi connectivity index (χ3n) is 7.46. The molecule has 1 spiro atoms. The first-order valence-corrected chi connectivity index (χ1v) is 12.1. The predicted octanol–water partition coefficient (Wildman–Crippen LogP) is 4.40. The van der Waals surface area contributed by atoms with Gasteiger partial charge in [-0.05, 0) is 70.1 Å². The van der Waals surface area contributed by atoms with Gasteiger partial charge >= 0.3 is 0 Å². The molecule has 36 heavy (non-hydrogen) atoms. The molecule has 0 bridgehead atoms. The van der Waals surface area contributed by atoms with E-state index >= 15 is 0 Å². The Hall–Kier alpha value is -3.83. The number of fused-ring (bicyclic) bond motifs is 2. The summed E-state index contributed by atoms with van der Waals surface area (Å²) < 4.78 is 14.9. The molecule has 2 atom stereocenters. The first-order valence-electron chi connectivity index (χ1n) is 12.1. The number of carbonyl (C=O) groups excluding carboxylic acids is 1. The lowest BCUT2D eigenvalue weighted by molar-refractivity contribution is -0.124. The van der Waals surface area contributed by atoms with Crippen molar-refractivity contribution in [3.63, 3.8) is 0 Å². The minimum absolute atomic E-state index is 0.126. The van der Waals surface area contributed by atoms with Crippen LogP contribution >= 0.6 is 0 Å². The van der Waals surface area contributed by atoms with Crippen LogP contribution in [-0.4, -0.2) is 40.9 Å². The Morgan fingerprint density at radius 1 is 1.17 bits per heavy atom. The Kier molecular flexibility index (Phi) is 5.97. The van der Waals surface area contributed by atoms with Gasteiger partial charge in [0.2, 0.25) is 5.91 Å². The number of aromatic nitrogens is 2. The van der Waals surface area contributed by atoms with E-state index in [4.69, 9.17) is 9.97 Å². The fourth-order valence-electron chi connectivity index (χ4n) is 5.61. The number of hydrogen-bond acceptors (Lipinski definition) is 6. The van der Waals surface area contributed by atoms with Gasteiger partial charge in [0, 0.05) is 12.1 Å². The Balaban J connectivity index is 1.64. The van der Waals surface area contributed by atoms with Crippen molar-refractivity contribution < 1.29 is 9.18 Å². The van der Waals surface area contributed by atoms with Gasteiger partial charge in [-0.3, -0.25) is 4.79 Å². The molecule has 2 aliphatic rings. The zero-order valence-electron chi connectivity index (χ0n) is 21.0. The lowest BCUT2D eigenvalue weighted by atomic mass is 9.76. The SMILES string of the molecule is Cc1nc(N[C@H](C)c2cccc(C#N)c2C)c2c(n1)C1(CCN(C)C1)C(=O)N(c1ccccc1F)C2. The molecule has 7 nitrogen and oxygen atoms in total. The second-order valence-electron chi connectivity index (χ2n) is 9.86. The zero-order valence-corrected chi connectivity index (χ0v) is 21.0. The van der Waals surface area contributed by atoms with Crippen LogP contribution in [0.1, 0.15) is 53.2 Å². The molecule has 0 saturated carbocycles. The molecule has 1 amide bonds. The molecule has 3 aromatic rings. The lowest BCUT2D eigenvalue weighted by Gasteiger charge is -2.41. The van der Waals surface area contributed by atoms with Gasteiger partial charge in [0.25, 0.3) is 0 Å². The van der Waals surface area contributed by atoms with Crippen molar-refractivity contribution in [3.05, 3.63) is 82.1 Å². The van der Waals surface area contributed by atoms with Crippen LogP contribution < -0.4 is 10.2 Å². The van der Waals surface area contributed by atoms with E-state index in [-0.39, 0.29) is 24.2 Å². The molecule has 1 N–H and O–H groups in total. The summed E-state index contributed by atoms with van der Waals surface area (Å²) in [6, 6.07) is 14.2. The first-order chi connectivity index (χ1) is 17.2. The molecule has 0 aliphatic carbocycles. The average Bonchev–Trinajstić information content (AvgIpc) is 3.25. The largest absolute Gasteiger partial charge is 0.363 e. The van der Waals surface area contributed by atoms with Gasteiger partial charge in [0.1, 0.15) is 22.9 Å². The monoisotopic (exact) mass is 484 g/mol. The molecule has 2 aromatic carbocycles. The zero-order chi connectivity index (χ0) is 25.6. The summed E-state index contributed by atoms with van der Waals surface area (Å²) in [6.07, 6.45) is 0.606. The van der Waals surface area contributed by atoms with Gasteiger partial charge in [-0.2, -0.15) is 5.26 Å². The summed E-state index contributed by atoms with van der Waals surface area (Å²) >= 11 is 0. The van der Waals surface area contributed by atoms with Gasteiger partial charge < -0.3 is 15.1 Å². The molecule has 8 heteroatoms. The maximum absolute atomic E-state index is 14.9. The Bertz CT molecular complexity index is 1400. The van der Waals surface area contributed by atoms with Crippen molar-refractivity contribution in [3.8, 4) is 6.07 Å². The normalized spacial score (nSPS) is 20.3. The lowest BCUT2D eigenvalue weighted by Crippen LogP contribution is -2.53. The van der Waals surface area contributed by atoms with E-state index in [1.165, 1.54) is 6.07 Å². The number of aryl methyl sites for hydroxylation is 1. The van der Waals surface area contributed by atoms with Crippen LogP contribution in [0.15, 0.2) is 42.5 Å². The summed E-state index contributed by atoms with van der Waals surface area (Å²) in [5.41, 5.74) is 3.47. The highest BCUT2D eigenvalue weighted by atomic mass is 19.1. The molecule has 0 radical (unpaired) electrons. The summed E-state index contributed by atoms with van der Waals surface area (Å²) in [5, 5.41) is 13.0. The van der Waals surface area contributed by atoms with Crippen molar-refractivity contribution in [1.29, 1.82) is 5.26 Å². The smallest absolute Gasteiger partial charge is 0.241 e. The molecule has 1 fully saturated rings. The third-order valence-corrected chi connectivity index (χ3v) is 7.46. The number of likely N-dealkylation sites (tertiary alicyclic amines) is 1. The standard InChI is InChI=1S/C28H29FN6O/c1-17-20(14-30)8-7-9-21(17)18(2)31-26-22-15-35(24-11-6-5-10-23(24)29)27(36)28(12-13-34(4)16-28)25(22)32-19(3)33-26/h5-11,18H,12-13,15-16H2,1-4H3,(H,31,32,33)/t18-,28?/m1/s1. The van der Waals surface area contributed by atoms with Gasteiger partial charge in [-0.1, -0.05) is 24.3 Å². The van der Waals surface area contributed by atoms with Crippen LogP contribution in [0.5, 0.6) is 0 Å². The number of hydrogen-bond donors (Lipinski definition) is 1. The van der Waals surface area contributed by atoms with Crippen LogP contribution in [0.25, 0.3) is 0 Å². The number of amides is 1. The van der Waals surface area contributed by atoms with E-state index < -0.39 is 11.2 Å². The van der Waals surface area contributed by atoms with Crippen LogP contribution in [0, 0.1) is 31.0 Å². The van der Waals surface area contributed by atoms with Gasteiger partial charge in [0.05, 0.1) is 35.6 Å². The number of likely N-dealkylation sites (N-methyl/N-ethyl adjacent to an activating group) is 1. The summed E-state index contributed by atoms with van der Waals surface area (Å²) in [4.78, 5) is 27.2. The van der Waals surface area contributed by atoms with Gasteiger partial charge in [0.15, 0.2) is 0 Å². The highest BCUT2D eigenvalue weighted by Gasteiger charge is 2.53. The van der Waals surface area contributed by atoms with Gasteiger partial charge in [-0.15, -0.1) is 0 Å². The Morgan fingerprint density at radius 3 is 2.64 bits per heavy atom. The molecule has 1 saturated heterocycles. The van der Waals surface area contributed by atoms with Crippen LogP contribution in [0.2, 0.25) is 0 Å². The maximum Gasteiger partial charge on any atom is 0.241 e. The number of anilines is 2. The fourth-order valence-corrected chi connectivity index (χ4v) is 5.61. The molecular weight excluding hydrogens is 455 g/mol. The van der Waals surface area contributed by atoms with E-state index in [9.17, 15) is 14.4 Å². The van der Waals surface area contributed by atoms with Crippen molar-refractivity contribution >= 4 is 17.4 Å². The average molecular weight is 485 g/mol. The number of nitriles is 1. The minimum atomic E-state index is -0.866. The quantitative estimate of drug-likeness (QED) is 0.591. The highest BCUT2D eigenvalue weighted by Crippen LogP contribution is 2.44. The van der Waals surface area contributed by atoms with E-state index in [2.05, 4.69) is 16.3 Å². The number of carbonyl (C=O) groups is 1. The van der Waals surface area contributed by atoms with Crippen molar-refractivity contribution in [2.45, 2.75) is 45.2 Å². The third kappa shape index (κ3) is 3.80.